The van der Waals surface area contributed by atoms with Gasteiger partial charge in [-0.3, -0.25) is 14.5 Å². The fraction of sp³-hybridized carbons (Fsp3) is 0.160. The standard InChI is InChI=1S/C25H21NO5S/c1-3-30-24(28)19-9-5-8-18(13-19)21-11-10-20(31-21)14-22-23(27)26(25(29)32-22)15-17-7-4-6-16(2)12-17/h4-14H,3,15H2,1-2H3/b22-14-. The molecule has 2 amide bonds. The molecule has 2 aromatic carbocycles. The van der Waals surface area contributed by atoms with E-state index in [4.69, 9.17) is 9.15 Å². The molecule has 0 atom stereocenters. The van der Waals surface area contributed by atoms with Crippen LogP contribution >= 0.6 is 11.8 Å². The first-order valence-electron chi connectivity index (χ1n) is 10.1. The Kier molecular flexibility index (Phi) is 6.28. The second kappa shape index (κ2) is 9.28. The summed E-state index contributed by atoms with van der Waals surface area (Å²) >= 11 is 0.894. The molecule has 162 valence electrons. The molecule has 1 aliphatic heterocycles. The highest BCUT2D eigenvalue weighted by Gasteiger charge is 2.35. The highest BCUT2D eigenvalue weighted by molar-refractivity contribution is 8.18. The van der Waals surface area contributed by atoms with Gasteiger partial charge in [-0.2, -0.15) is 0 Å². The maximum Gasteiger partial charge on any atom is 0.338 e. The lowest BCUT2D eigenvalue weighted by molar-refractivity contribution is -0.123. The fourth-order valence-corrected chi connectivity index (χ4v) is 4.18. The smallest absolute Gasteiger partial charge is 0.338 e. The van der Waals surface area contributed by atoms with Crippen LogP contribution in [0.1, 0.15) is 34.2 Å². The van der Waals surface area contributed by atoms with Crippen molar-refractivity contribution in [3.05, 3.63) is 88.0 Å². The van der Waals surface area contributed by atoms with Crippen LogP contribution < -0.4 is 0 Å². The molecule has 7 heteroatoms. The molecule has 2 heterocycles. The van der Waals surface area contributed by atoms with Crippen molar-refractivity contribution in [1.29, 1.82) is 0 Å². The topological polar surface area (TPSA) is 76.8 Å². The van der Waals surface area contributed by atoms with Gasteiger partial charge in [0.05, 0.1) is 23.6 Å². The van der Waals surface area contributed by atoms with E-state index in [1.54, 1.807) is 43.3 Å². The number of carbonyl (C=O) groups excluding carboxylic acids is 3. The normalized spacial score (nSPS) is 14.9. The van der Waals surface area contributed by atoms with Gasteiger partial charge in [0.15, 0.2) is 0 Å². The molecule has 1 fully saturated rings. The zero-order chi connectivity index (χ0) is 22.7. The molecule has 4 rings (SSSR count). The number of amides is 2. The predicted molar refractivity (Wildman–Crippen MR) is 123 cm³/mol. The zero-order valence-corrected chi connectivity index (χ0v) is 18.5. The van der Waals surface area contributed by atoms with Crippen LogP contribution in [0.3, 0.4) is 0 Å². The van der Waals surface area contributed by atoms with E-state index in [9.17, 15) is 14.4 Å². The molecule has 0 bridgehead atoms. The minimum absolute atomic E-state index is 0.230. The van der Waals surface area contributed by atoms with E-state index in [0.29, 0.717) is 34.2 Å². The number of nitrogens with zero attached hydrogens (tertiary/aromatic N) is 1. The number of carbonyl (C=O) groups is 3. The van der Waals surface area contributed by atoms with Gasteiger partial charge in [-0.05, 0) is 55.4 Å². The summed E-state index contributed by atoms with van der Waals surface area (Å²) < 4.78 is 10.9. The molecule has 0 saturated carbocycles. The Morgan fingerprint density at radius 1 is 1.09 bits per heavy atom. The molecular weight excluding hydrogens is 426 g/mol. The van der Waals surface area contributed by atoms with Crippen LogP contribution in [0.2, 0.25) is 0 Å². The first-order chi connectivity index (χ1) is 15.4. The Bertz CT molecular complexity index is 1230. The number of imide groups is 1. The van der Waals surface area contributed by atoms with Crippen LogP contribution in [0, 0.1) is 6.92 Å². The minimum atomic E-state index is -0.400. The van der Waals surface area contributed by atoms with Crippen molar-refractivity contribution in [3.8, 4) is 11.3 Å². The molecule has 1 saturated heterocycles. The van der Waals surface area contributed by atoms with Crippen molar-refractivity contribution in [2.45, 2.75) is 20.4 Å². The Balaban J connectivity index is 1.52. The zero-order valence-electron chi connectivity index (χ0n) is 17.7. The third-order valence-electron chi connectivity index (χ3n) is 4.86. The maximum atomic E-state index is 12.8. The summed E-state index contributed by atoms with van der Waals surface area (Å²) in [5.41, 5.74) is 3.11. The van der Waals surface area contributed by atoms with Crippen molar-refractivity contribution >= 4 is 35.0 Å². The monoisotopic (exact) mass is 447 g/mol. The fourth-order valence-electron chi connectivity index (χ4n) is 3.36. The van der Waals surface area contributed by atoms with E-state index in [2.05, 4.69) is 0 Å². The van der Waals surface area contributed by atoms with Crippen LogP contribution in [-0.2, 0) is 16.1 Å². The molecule has 1 aromatic heterocycles. The molecule has 32 heavy (non-hydrogen) atoms. The van der Waals surface area contributed by atoms with Crippen molar-refractivity contribution in [2.75, 3.05) is 6.61 Å². The molecule has 6 nitrogen and oxygen atoms in total. The molecule has 0 aliphatic carbocycles. The van der Waals surface area contributed by atoms with E-state index in [0.717, 1.165) is 22.9 Å². The molecular formula is C25H21NO5S. The van der Waals surface area contributed by atoms with Gasteiger partial charge >= 0.3 is 5.97 Å². The van der Waals surface area contributed by atoms with Gasteiger partial charge < -0.3 is 9.15 Å². The Labute approximate surface area is 189 Å². The van der Waals surface area contributed by atoms with Gasteiger partial charge in [-0.15, -0.1) is 0 Å². The van der Waals surface area contributed by atoms with Gasteiger partial charge in [0, 0.05) is 11.6 Å². The summed E-state index contributed by atoms with van der Waals surface area (Å²) in [5.74, 6) is 0.246. The van der Waals surface area contributed by atoms with Crippen molar-refractivity contribution in [2.24, 2.45) is 0 Å². The predicted octanol–water partition coefficient (Wildman–Crippen LogP) is 5.67. The second-order valence-electron chi connectivity index (χ2n) is 7.26. The Morgan fingerprint density at radius 3 is 2.69 bits per heavy atom. The van der Waals surface area contributed by atoms with E-state index in [-0.39, 0.29) is 17.7 Å². The number of furan rings is 1. The van der Waals surface area contributed by atoms with Gasteiger partial charge in [-0.1, -0.05) is 42.0 Å². The number of ether oxygens (including phenoxy) is 1. The number of esters is 1. The molecule has 0 N–H and O–H groups in total. The highest BCUT2D eigenvalue weighted by atomic mass is 32.2. The first-order valence-corrected chi connectivity index (χ1v) is 10.9. The molecule has 0 unspecified atom stereocenters. The summed E-state index contributed by atoms with van der Waals surface area (Å²) in [5, 5.41) is -0.309. The molecule has 0 spiro atoms. The second-order valence-corrected chi connectivity index (χ2v) is 8.25. The molecule has 1 aliphatic rings. The van der Waals surface area contributed by atoms with Crippen LogP contribution in [0.4, 0.5) is 4.79 Å². The summed E-state index contributed by atoms with van der Waals surface area (Å²) in [4.78, 5) is 38.7. The molecule has 0 radical (unpaired) electrons. The summed E-state index contributed by atoms with van der Waals surface area (Å²) in [6.45, 7) is 4.25. The summed E-state index contributed by atoms with van der Waals surface area (Å²) in [7, 11) is 0. The highest BCUT2D eigenvalue weighted by Crippen LogP contribution is 2.34. The third kappa shape index (κ3) is 4.68. The van der Waals surface area contributed by atoms with Crippen LogP contribution in [0.25, 0.3) is 17.4 Å². The van der Waals surface area contributed by atoms with E-state index < -0.39 is 5.97 Å². The SMILES string of the molecule is CCOC(=O)c1cccc(-c2ccc(/C=C3\SC(=O)N(Cc4cccc(C)c4)C3=O)o2)c1. The van der Waals surface area contributed by atoms with Crippen molar-refractivity contribution in [1.82, 2.24) is 4.90 Å². The Morgan fingerprint density at radius 2 is 1.91 bits per heavy atom. The summed E-state index contributed by atoms with van der Waals surface area (Å²) in [6.07, 6.45) is 1.57. The number of aryl methyl sites for hydroxylation is 1. The number of rotatable bonds is 6. The number of thioether (sulfide) groups is 1. The van der Waals surface area contributed by atoms with Gasteiger partial charge in [0.1, 0.15) is 11.5 Å². The number of benzene rings is 2. The van der Waals surface area contributed by atoms with E-state index >= 15 is 0 Å². The average Bonchev–Trinajstić information content (AvgIpc) is 3.35. The van der Waals surface area contributed by atoms with Gasteiger partial charge in [-0.25, -0.2) is 4.79 Å². The first kappa shape index (κ1) is 21.6. The number of hydrogen-bond acceptors (Lipinski definition) is 6. The number of hydrogen-bond donors (Lipinski definition) is 0. The lowest BCUT2D eigenvalue weighted by atomic mass is 10.1. The van der Waals surface area contributed by atoms with Gasteiger partial charge in [0.2, 0.25) is 0 Å². The van der Waals surface area contributed by atoms with Crippen molar-refractivity contribution < 1.29 is 23.5 Å². The van der Waals surface area contributed by atoms with E-state index in [1.807, 2.05) is 37.3 Å². The van der Waals surface area contributed by atoms with E-state index in [1.165, 1.54) is 4.90 Å². The van der Waals surface area contributed by atoms with Crippen LogP contribution in [0.15, 0.2) is 70.0 Å². The van der Waals surface area contributed by atoms with Crippen molar-refractivity contribution in [3.63, 3.8) is 0 Å². The lowest BCUT2D eigenvalue weighted by Gasteiger charge is -2.12. The van der Waals surface area contributed by atoms with Crippen LogP contribution in [0.5, 0.6) is 0 Å². The van der Waals surface area contributed by atoms with Crippen LogP contribution in [-0.4, -0.2) is 28.6 Å². The average molecular weight is 448 g/mol. The minimum Gasteiger partial charge on any atom is -0.462 e. The third-order valence-corrected chi connectivity index (χ3v) is 5.76. The Hall–Kier alpha value is -3.58. The largest absolute Gasteiger partial charge is 0.462 e. The lowest BCUT2D eigenvalue weighted by Crippen LogP contribution is -2.27. The maximum absolute atomic E-state index is 12.8. The molecule has 3 aromatic rings. The summed E-state index contributed by atoms with van der Waals surface area (Å²) in [6, 6.07) is 18.1. The quantitative estimate of drug-likeness (QED) is 0.358. The van der Waals surface area contributed by atoms with Gasteiger partial charge in [0.25, 0.3) is 11.1 Å².